The summed E-state index contributed by atoms with van der Waals surface area (Å²) in [6.45, 7) is 2.52. The van der Waals surface area contributed by atoms with Gasteiger partial charge in [-0.05, 0) is 60.5 Å². The van der Waals surface area contributed by atoms with E-state index in [4.69, 9.17) is 0 Å². The Balaban J connectivity index is 1.66. The predicted octanol–water partition coefficient (Wildman–Crippen LogP) is 4.86. The molecular weight excluding hydrogens is 381 g/mol. The van der Waals surface area contributed by atoms with Gasteiger partial charge in [-0.2, -0.15) is 0 Å². The maximum Gasteiger partial charge on any atom is 0.326 e. The van der Waals surface area contributed by atoms with Gasteiger partial charge in [0.2, 0.25) is 0 Å². The van der Waals surface area contributed by atoms with Crippen molar-refractivity contribution in [2.45, 2.75) is 13.3 Å². The van der Waals surface area contributed by atoms with Crippen molar-refractivity contribution in [2.75, 3.05) is 23.3 Å². The summed E-state index contributed by atoms with van der Waals surface area (Å²) in [5.41, 5.74) is 2.90. The highest BCUT2D eigenvalue weighted by atomic mass is 19.1. The summed E-state index contributed by atoms with van der Waals surface area (Å²) in [5.74, 6) is -0.592. The van der Waals surface area contributed by atoms with Crippen molar-refractivity contribution >= 4 is 23.3 Å². The van der Waals surface area contributed by atoms with Crippen LogP contribution in [-0.2, 0) is 6.42 Å². The second-order valence-electron chi connectivity index (χ2n) is 6.73. The highest BCUT2D eigenvalue weighted by Crippen LogP contribution is 2.17. The SMILES string of the molecule is CCc1ccc(C(=O)NCCN(C(=O)Nc2ccccc2)c2ccc(F)cc2)cc1. The van der Waals surface area contributed by atoms with Gasteiger partial charge in [0.15, 0.2) is 0 Å². The van der Waals surface area contributed by atoms with Crippen molar-refractivity contribution in [3.63, 3.8) is 0 Å². The Morgan fingerprint density at radius 3 is 2.20 bits per heavy atom. The summed E-state index contributed by atoms with van der Waals surface area (Å²) in [6, 6.07) is 21.8. The molecule has 3 aromatic rings. The Bertz CT molecular complexity index is 974. The number of halogens is 1. The van der Waals surface area contributed by atoms with Gasteiger partial charge < -0.3 is 10.6 Å². The molecule has 0 radical (unpaired) electrons. The lowest BCUT2D eigenvalue weighted by molar-refractivity contribution is 0.0954. The van der Waals surface area contributed by atoms with E-state index < -0.39 is 0 Å². The van der Waals surface area contributed by atoms with E-state index in [-0.39, 0.29) is 30.8 Å². The summed E-state index contributed by atoms with van der Waals surface area (Å²) in [6.07, 6.45) is 0.908. The molecular formula is C24H24FN3O2. The zero-order valence-electron chi connectivity index (χ0n) is 16.8. The Hall–Kier alpha value is -3.67. The molecule has 2 N–H and O–H groups in total. The van der Waals surface area contributed by atoms with E-state index in [1.807, 2.05) is 30.3 Å². The van der Waals surface area contributed by atoms with Crippen LogP contribution >= 0.6 is 0 Å². The fraction of sp³-hybridized carbons (Fsp3) is 0.167. The number of urea groups is 1. The molecule has 3 aromatic carbocycles. The molecule has 6 heteroatoms. The predicted molar refractivity (Wildman–Crippen MR) is 117 cm³/mol. The first-order valence-electron chi connectivity index (χ1n) is 9.83. The molecule has 3 rings (SSSR count). The van der Waals surface area contributed by atoms with Crippen LogP contribution in [0.3, 0.4) is 0 Å². The van der Waals surface area contributed by atoms with Gasteiger partial charge in [-0.15, -0.1) is 0 Å². The third-order valence-corrected chi connectivity index (χ3v) is 4.65. The van der Waals surface area contributed by atoms with Gasteiger partial charge in [0.25, 0.3) is 5.91 Å². The largest absolute Gasteiger partial charge is 0.350 e. The third kappa shape index (κ3) is 5.67. The van der Waals surface area contributed by atoms with Gasteiger partial charge in [-0.1, -0.05) is 37.3 Å². The quantitative estimate of drug-likeness (QED) is 0.590. The highest BCUT2D eigenvalue weighted by molar-refractivity contribution is 6.01. The highest BCUT2D eigenvalue weighted by Gasteiger charge is 2.16. The van der Waals surface area contributed by atoms with Gasteiger partial charge in [-0.3, -0.25) is 9.69 Å². The summed E-state index contributed by atoms with van der Waals surface area (Å²) in [5, 5.41) is 5.65. The number of rotatable bonds is 7. The molecule has 0 fully saturated rings. The topological polar surface area (TPSA) is 61.4 Å². The van der Waals surface area contributed by atoms with Crippen LogP contribution in [0.2, 0.25) is 0 Å². The van der Waals surface area contributed by atoms with Crippen molar-refractivity contribution in [2.24, 2.45) is 0 Å². The molecule has 0 unspecified atom stereocenters. The van der Waals surface area contributed by atoms with Crippen LogP contribution in [0.5, 0.6) is 0 Å². The molecule has 0 saturated heterocycles. The molecule has 0 saturated carbocycles. The van der Waals surface area contributed by atoms with Crippen LogP contribution in [0.25, 0.3) is 0 Å². The van der Waals surface area contributed by atoms with Crippen molar-refractivity contribution in [1.29, 1.82) is 0 Å². The summed E-state index contributed by atoms with van der Waals surface area (Å²) < 4.78 is 13.3. The van der Waals surface area contributed by atoms with Crippen LogP contribution in [0.15, 0.2) is 78.9 Å². The molecule has 0 aliphatic rings. The third-order valence-electron chi connectivity index (χ3n) is 4.65. The van der Waals surface area contributed by atoms with E-state index in [2.05, 4.69) is 17.6 Å². The number of para-hydroxylation sites is 1. The first-order valence-corrected chi connectivity index (χ1v) is 9.83. The van der Waals surface area contributed by atoms with E-state index in [0.29, 0.717) is 16.9 Å². The maximum atomic E-state index is 13.3. The Morgan fingerprint density at radius 2 is 1.57 bits per heavy atom. The number of hydrogen-bond donors (Lipinski definition) is 2. The van der Waals surface area contributed by atoms with Crippen molar-refractivity contribution < 1.29 is 14.0 Å². The number of anilines is 2. The number of hydrogen-bond acceptors (Lipinski definition) is 2. The molecule has 0 heterocycles. The molecule has 154 valence electrons. The zero-order chi connectivity index (χ0) is 21.3. The van der Waals surface area contributed by atoms with E-state index in [9.17, 15) is 14.0 Å². The van der Waals surface area contributed by atoms with E-state index in [1.54, 1.807) is 24.3 Å². The number of aryl methyl sites for hydroxylation is 1. The van der Waals surface area contributed by atoms with Crippen LogP contribution in [-0.4, -0.2) is 25.0 Å². The van der Waals surface area contributed by atoms with Gasteiger partial charge in [0, 0.05) is 30.0 Å². The second kappa shape index (κ2) is 10.2. The number of nitrogens with one attached hydrogen (secondary N) is 2. The summed E-state index contributed by atoms with van der Waals surface area (Å²) in [7, 11) is 0. The first-order chi connectivity index (χ1) is 14.6. The Labute approximate surface area is 175 Å². The molecule has 3 amide bonds. The fourth-order valence-corrected chi connectivity index (χ4v) is 2.96. The summed E-state index contributed by atoms with van der Waals surface area (Å²) in [4.78, 5) is 26.7. The maximum absolute atomic E-state index is 13.3. The average molecular weight is 405 g/mol. The van der Waals surface area contributed by atoms with Crippen molar-refractivity contribution in [3.8, 4) is 0 Å². The number of benzene rings is 3. The van der Waals surface area contributed by atoms with Crippen LogP contribution < -0.4 is 15.5 Å². The normalized spacial score (nSPS) is 10.3. The lowest BCUT2D eigenvalue weighted by Crippen LogP contribution is -2.41. The number of amides is 3. The Morgan fingerprint density at radius 1 is 0.900 bits per heavy atom. The molecule has 0 atom stereocenters. The lowest BCUT2D eigenvalue weighted by atomic mass is 10.1. The van der Waals surface area contributed by atoms with Gasteiger partial charge >= 0.3 is 6.03 Å². The molecule has 30 heavy (non-hydrogen) atoms. The summed E-state index contributed by atoms with van der Waals surface area (Å²) >= 11 is 0. The van der Waals surface area contributed by atoms with Crippen LogP contribution in [0, 0.1) is 5.82 Å². The minimum Gasteiger partial charge on any atom is -0.350 e. The Kier molecular flexibility index (Phi) is 7.16. The van der Waals surface area contributed by atoms with Crippen molar-refractivity contribution in [1.82, 2.24) is 5.32 Å². The minimum atomic E-state index is -0.383. The molecule has 0 aliphatic heterocycles. The number of carbonyl (C=O) groups is 2. The lowest BCUT2D eigenvalue weighted by Gasteiger charge is -2.23. The average Bonchev–Trinajstić information content (AvgIpc) is 2.78. The standard InChI is InChI=1S/C24H24FN3O2/c1-2-18-8-10-19(11-9-18)23(29)26-16-17-28(22-14-12-20(25)13-15-22)24(30)27-21-6-4-3-5-7-21/h3-15H,2,16-17H2,1H3,(H,26,29)(H,27,30). The molecule has 0 aliphatic carbocycles. The van der Waals surface area contributed by atoms with Crippen LogP contribution in [0.1, 0.15) is 22.8 Å². The number of carbonyl (C=O) groups excluding carboxylic acids is 2. The molecule has 5 nitrogen and oxygen atoms in total. The zero-order valence-corrected chi connectivity index (χ0v) is 16.8. The van der Waals surface area contributed by atoms with Gasteiger partial charge in [-0.25, -0.2) is 9.18 Å². The van der Waals surface area contributed by atoms with Gasteiger partial charge in [0.05, 0.1) is 0 Å². The molecule has 0 spiro atoms. The minimum absolute atomic E-state index is 0.208. The van der Waals surface area contributed by atoms with Crippen molar-refractivity contribution in [3.05, 3.63) is 95.8 Å². The molecule has 0 aromatic heterocycles. The smallest absolute Gasteiger partial charge is 0.326 e. The second-order valence-corrected chi connectivity index (χ2v) is 6.73. The van der Waals surface area contributed by atoms with Crippen LogP contribution in [0.4, 0.5) is 20.6 Å². The van der Waals surface area contributed by atoms with E-state index >= 15 is 0 Å². The fourth-order valence-electron chi connectivity index (χ4n) is 2.96. The van der Waals surface area contributed by atoms with Gasteiger partial charge in [0.1, 0.15) is 5.82 Å². The monoisotopic (exact) mass is 405 g/mol. The van der Waals surface area contributed by atoms with E-state index in [0.717, 1.165) is 12.0 Å². The molecule has 0 bridgehead atoms. The first kappa shape index (κ1) is 21.0. The van der Waals surface area contributed by atoms with E-state index in [1.165, 1.54) is 29.2 Å². The number of nitrogens with zero attached hydrogens (tertiary/aromatic N) is 1.